The topological polar surface area (TPSA) is 69.6 Å². The van der Waals surface area contributed by atoms with Crippen molar-refractivity contribution in [2.45, 2.75) is 45.3 Å². The molecule has 5 heteroatoms. The molecule has 0 radical (unpaired) electrons. The van der Waals surface area contributed by atoms with Gasteiger partial charge in [-0.3, -0.25) is 14.5 Å². The molecule has 1 saturated carbocycles. The average Bonchev–Trinajstić information content (AvgIpc) is 3.26. The van der Waals surface area contributed by atoms with Gasteiger partial charge < -0.3 is 10.4 Å². The highest BCUT2D eigenvalue weighted by molar-refractivity contribution is 5.80. The molecule has 1 aliphatic carbocycles. The van der Waals surface area contributed by atoms with Crippen molar-refractivity contribution in [2.75, 3.05) is 6.54 Å². The lowest BCUT2D eigenvalue weighted by atomic mass is 10.1. The minimum atomic E-state index is -0.881. The van der Waals surface area contributed by atoms with Crippen LogP contribution in [0.2, 0.25) is 0 Å². The first kappa shape index (κ1) is 15.5. The smallest absolute Gasteiger partial charge is 0.320 e. The van der Waals surface area contributed by atoms with Crippen LogP contribution in [0.1, 0.15) is 30.9 Å². The molecule has 1 aromatic carbocycles. The van der Waals surface area contributed by atoms with Gasteiger partial charge in [0.1, 0.15) is 6.04 Å². The summed E-state index contributed by atoms with van der Waals surface area (Å²) in [5.74, 6) is -1.01. The lowest BCUT2D eigenvalue weighted by Gasteiger charge is -2.25. The molecular formula is C16H22N2O3. The Hall–Kier alpha value is -1.88. The van der Waals surface area contributed by atoms with E-state index in [-0.39, 0.29) is 18.5 Å². The SMILES string of the molecule is Cc1cccc(CNC(=O)CN(C2CC2)C(C)C(=O)O)c1. The Balaban J connectivity index is 1.86. The zero-order valence-electron chi connectivity index (χ0n) is 12.5. The van der Waals surface area contributed by atoms with Crippen LogP contribution in [0.25, 0.3) is 0 Å². The number of aryl methyl sites for hydroxylation is 1. The summed E-state index contributed by atoms with van der Waals surface area (Å²) in [6, 6.07) is 7.57. The molecule has 1 fully saturated rings. The predicted octanol–water partition coefficient (Wildman–Crippen LogP) is 1.55. The van der Waals surface area contributed by atoms with Gasteiger partial charge in [0, 0.05) is 12.6 Å². The summed E-state index contributed by atoms with van der Waals surface area (Å²) in [4.78, 5) is 24.9. The normalized spacial score (nSPS) is 15.8. The summed E-state index contributed by atoms with van der Waals surface area (Å²) in [5.41, 5.74) is 2.20. The maximum Gasteiger partial charge on any atom is 0.320 e. The number of carboxylic acid groups (broad SMARTS) is 1. The Kier molecular flexibility index (Phi) is 4.96. The summed E-state index contributed by atoms with van der Waals surface area (Å²) >= 11 is 0. The highest BCUT2D eigenvalue weighted by Gasteiger charge is 2.35. The van der Waals surface area contributed by atoms with E-state index in [1.807, 2.05) is 31.2 Å². The molecule has 5 nitrogen and oxygen atoms in total. The molecular weight excluding hydrogens is 268 g/mol. The summed E-state index contributed by atoms with van der Waals surface area (Å²) in [6.45, 7) is 4.26. The van der Waals surface area contributed by atoms with Gasteiger partial charge in [-0.2, -0.15) is 0 Å². The number of carbonyl (C=O) groups excluding carboxylic acids is 1. The highest BCUT2D eigenvalue weighted by Crippen LogP contribution is 2.28. The van der Waals surface area contributed by atoms with Gasteiger partial charge in [-0.05, 0) is 32.3 Å². The first-order valence-corrected chi connectivity index (χ1v) is 7.28. The van der Waals surface area contributed by atoms with E-state index in [0.717, 1.165) is 24.0 Å². The van der Waals surface area contributed by atoms with Gasteiger partial charge in [-0.15, -0.1) is 0 Å². The van der Waals surface area contributed by atoms with E-state index < -0.39 is 12.0 Å². The second kappa shape index (κ2) is 6.72. The predicted molar refractivity (Wildman–Crippen MR) is 79.9 cm³/mol. The Morgan fingerprint density at radius 1 is 1.43 bits per heavy atom. The monoisotopic (exact) mass is 290 g/mol. The van der Waals surface area contributed by atoms with Crippen molar-refractivity contribution in [3.63, 3.8) is 0 Å². The lowest BCUT2D eigenvalue weighted by molar-refractivity contribution is -0.143. The summed E-state index contributed by atoms with van der Waals surface area (Å²) in [5, 5.41) is 12.0. The quantitative estimate of drug-likeness (QED) is 0.799. The van der Waals surface area contributed by atoms with Crippen molar-refractivity contribution in [1.29, 1.82) is 0 Å². The molecule has 1 amide bonds. The van der Waals surface area contributed by atoms with Gasteiger partial charge in [0.05, 0.1) is 6.54 Å². The first-order valence-electron chi connectivity index (χ1n) is 7.28. The van der Waals surface area contributed by atoms with Crippen molar-refractivity contribution >= 4 is 11.9 Å². The molecule has 1 atom stereocenters. The fourth-order valence-electron chi connectivity index (χ4n) is 2.37. The van der Waals surface area contributed by atoms with Crippen LogP contribution < -0.4 is 5.32 Å². The van der Waals surface area contributed by atoms with Crippen molar-refractivity contribution < 1.29 is 14.7 Å². The molecule has 0 aliphatic heterocycles. The number of carbonyl (C=O) groups is 2. The van der Waals surface area contributed by atoms with E-state index in [4.69, 9.17) is 5.11 Å². The zero-order chi connectivity index (χ0) is 15.4. The number of hydrogen-bond donors (Lipinski definition) is 2. The van der Waals surface area contributed by atoms with Crippen LogP contribution in [0.3, 0.4) is 0 Å². The number of carboxylic acids is 1. The maximum absolute atomic E-state index is 12.0. The van der Waals surface area contributed by atoms with E-state index >= 15 is 0 Å². The second-order valence-electron chi connectivity index (χ2n) is 5.68. The van der Waals surface area contributed by atoms with E-state index in [2.05, 4.69) is 5.32 Å². The Morgan fingerprint density at radius 3 is 2.71 bits per heavy atom. The van der Waals surface area contributed by atoms with E-state index in [9.17, 15) is 9.59 Å². The van der Waals surface area contributed by atoms with Crippen molar-refractivity contribution in [3.05, 3.63) is 35.4 Å². The molecule has 0 aromatic heterocycles. The number of amides is 1. The van der Waals surface area contributed by atoms with Gasteiger partial charge >= 0.3 is 5.97 Å². The van der Waals surface area contributed by atoms with Crippen LogP contribution in [0.5, 0.6) is 0 Å². The van der Waals surface area contributed by atoms with Gasteiger partial charge in [-0.25, -0.2) is 0 Å². The van der Waals surface area contributed by atoms with E-state index in [0.29, 0.717) is 6.54 Å². The fraction of sp³-hybridized carbons (Fsp3) is 0.500. The number of aliphatic carboxylic acids is 1. The van der Waals surface area contributed by atoms with Crippen LogP contribution >= 0.6 is 0 Å². The van der Waals surface area contributed by atoms with Gasteiger partial charge in [0.25, 0.3) is 0 Å². The Labute approximate surface area is 125 Å². The number of nitrogens with one attached hydrogen (secondary N) is 1. The highest BCUT2D eigenvalue weighted by atomic mass is 16.4. The molecule has 0 bridgehead atoms. The summed E-state index contributed by atoms with van der Waals surface area (Å²) in [7, 11) is 0. The Bertz CT molecular complexity index is 526. The lowest BCUT2D eigenvalue weighted by Crippen LogP contribution is -2.46. The summed E-state index contributed by atoms with van der Waals surface area (Å²) < 4.78 is 0. The number of nitrogens with zero attached hydrogens (tertiary/aromatic N) is 1. The molecule has 114 valence electrons. The second-order valence-corrected chi connectivity index (χ2v) is 5.68. The van der Waals surface area contributed by atoms with Crippen LogP contribution in [0.15, 0.2) is 24.3 Å². The number of benzene rings is 1. The van der Waals surface area contributed by atoms with Crippen molar-refractivity contribution in [2.24, 2.45) is 0 Å². The molecule has 1 aromatic rings. The minimum absolute atomic E-state index is 0.128. The van der Waals surface area contributed by atoms with Crippen LogP contribution in [0.4, 0.5) is 0 Å². The zero-order valence-corrected chi connectivity index (χ0v) is 12.5. The van der Waals surface area contributed by atoms with Gasteiger partial charge in [0.15, 0.2) is 0 Å². The van der Waals surface area contributed by atoms with Crippen LogP contribution in [-0.4, -0.2) is 40.5 Å². The first-order chi connectivity index (χ1) is 9.97. The minimum Gasteiger partial charge on any atom is -0.480 e. The van der Waals surface area contributed by atoms with Crippen molar-refractivity contribution in [3.8, 4) is 0 Å². The third-order valence-corrected chi connectivity index (χ3v) is 3.77. The van der Waals surface area contributed by atoms with E-state index in [1.165, 1.54) is 0 Å². The largest absolute Gasteiger partial charge is 0.480 e. The van der Waals surface area contributed by atoms with E-state index in [1.54, 1.807) is 11.8 Å². The molecule has 2 N–H and O–H groups in total. The fourth-order valence-corrected chi connectivity index (χ4v) is 2.37. The summed E-state index contributed by atoms with van der Waals surface area (Å²) in [6.07, 6.45) is 1.95. The molecule has 21 heavy (non-hydrogen) atoms. The molecule has 0 spiro atoms. The molecule has 0 heterocycles. The molecule has 1 aliphatic rings. The van der Waals surface area contributed by atoms with Gasteiger partial charge in [0.2, 0.25) is 5.91 Å². The third-order valence-electron chi connectivity index (χ3n) is 3.77. The average molecular weight is 290 g/mol. The number of rotatable bonds is 7. The third kappa shape index (κ3) is 4.56. The van der Waals surface area contributed by atoms with Crippen LogP contribution in [0, 0.1) is 6.92 Å². The molecule has 2 rings (SSSR count). The standard InChI is InChI=1S/C16H22N2O3/c1-11-4-3-5-13(8-11)9-17-15(19)10-18(14-6-7-14)12(2)16(20)21/h3-5,8,12,14H,6-7,9-10H2,1-2H3,(H,17,19)(H,20,21). The number of hydrogen-bond acceptors (Lipinski definition) is 3. The molecule has 0 saturated heterocycles. The van der Waals surface area contributed by atoms with Crippen LogP contribution in [-0.2, 0) is 16.1 Å². The Morgan fingerprint density at radius 2 is 2.14 bits per heavy atom. The van der Waals surface area contributed by atoms with Crippen molar-refractivity contribution in [1.82, 2.24) is 10.2 Å². The van der Waals surface area contributed by atoms with Gasteiger partial charge in [-0.1, -0.05) is 29.8 Å². The maximum atomic E-state index is 12.0. The molecule has 1 unspecified atom stereocenters.